The smallest absolute Gasteiger partial charge is 0.233 e. The van der Waals surface area contributed by atoms with Gasteiger partial charge in [0.1, 0.15) is 0 Å². The van der Waals surface area contributed by atoms with Gasteiger partial charge in [0.25, 0.3) is 0 Å². The Balaban J connectivity index is 1.72. The molecule has 1 atom stereocenters. The molecule has 134 valence electrons. The van der Waals surface area contributed by atoms with Gasteiger partial charge in [0.05, 0.1) is 22.8 Å². The lowest BCUT2D eigenvalue weighted by molar-refractivity contribution is -0.120. The number of fused-ring (bicyclic) bond motifs is 1. The van der Waals surface area contributed by atoms with Gasteiger partial charge in [0.2, 0.25) is 5.91 Å². The second-order valence-electron chi connectivity index (χ2n) is 6.49. The molecule has 6 heteroatoms. The maximum Gasteiger partial charge on any atom is 0.233 e. The second kappa shape index (κ2) is 7.72. The minimum Gasteiger partial charge on any atom is -0.355 e. The zero-order valence-corrected chi connectivity index (χ0v) is 15.9. The third kappa shape index (κ3) is 3.74. The minimum atomic E-state index is -0.0979. The number of rotatable bonds is 4. The number of imidazole rings is 1. The van der Waals surface area contributed by atoms with Crippen molar-refractivity contribution in [3.05, 3.63) is 59.1 Å². The number of hydrogen-bond acceptors (Lipinski definition) is 3. The molecule has 1 aromatic heterocycles. The summed E-state index contributed by atoms with van der Waals surface area (Å²) in [5.74, 6) is 0.115. The number of aromatic nitrogens is 2. The molecule has 0 saturated carbocycles. The summed E-state index contributed by atoms with van der Waals surface area (Å²) < 4.78 is 2.18. The van der Waals surface area contributed by atoms with Crippen molar-refractivity contribution < 1.29 is 4.79 Å². The Morgan fingerprint density at radius 1 is 1.19 bits per heavy atom. The number of hydrogen-bond donors (Lipinski definition) is 1. The van der Waals surface area contributed by atoms with Crippen LogP contribution in [0.4, 0.5) is 0 Å². The number of nitrogens with one attached hydrogen (secondary N) is 1. The molecule has 1 saturated heterocycles. The fourth-order valence-corrected chi connectivity index (χ4v) is 4.58. The molecule has 0 radical (unpaired) electrons. The first-order valence-electron chi connectivity index (χ1n) is 8.85. The van der Waals surface area contributed by atoms with Gasteiger partial charge in [-0.05, 0) is 36.6 Å². The van der Waals surface area contributed by atoms with Crippen molar-refractivity contribution in [2.45, 2.75) is 36.2 Å². The number of carbonyl (C=O) groups is 1. The highest BCUT2D eigenvalue weighted by Gasteiger charge is 2.24. The third-order valence-corrected chi connectivity index (χ3v) is 6.08. The summed E-state index contributed by atoms with van der Waals surface area (Å²) in [6.07, 6.45) is 2.98. The van der Waals surface area contributed by atoms with Crippen LogP contribution in [0.2, 0.25) is 5.02 Å². The lowest BCUT2D eigenvalue weighted by Crippen LogP contribution is -2.30. The number of halogens is 1. The van der Waals surface area contributed by atoms with Gasteiger partial charge in [0, 0.05) is 11.6 Å². The van der Waals surface area contributed by atoms with Gasteiger partial charge < -0.3 is 9.88 Å². The Morgan fingerprint density at radius 3 is 2.88 bits per heavy atom. The molecule has 26 heavy (non-hydrogen) atoms. The number of amides is 1. The Bertz CT molecular complexity index is 925. The average Bonchev–Trinajstić information content (AvgIpc) is 2.82. The normalized spacial score (nSPS) is 17.9. The molecule has 0 unspecified atom stereocenters. The first-order valence-corrected chi connectivity index (χ1v) is 10.1. The highest BCUT2D eigenvalue weighted by atomic mass is 35.5. The van der Waals surface area contributed by atoms with E-state index in [9.17, 15) is 4.79 Å². The van der Waals surface area contributed by atoms with E-state index < -0.39 is 0 Å². The Morgan fingerprint density at radius 2 is 2.04 bits per heavy atom. The van der Waals surface area contributed by atoms with E-state index in [1.165, 1.54) is 5.56 Å². The molecule has 1 N–H and O–H groups in total. The summed E-state index contributed by atoms with van der Waals surface area (Å²) in [7, 11) is 0. The molecule has 0 aliphatic carbocycles. The fraction of sp³-hybridized carbons (Fsp3) is 0.300. The highest BCUT2D eigenvalue weighted by molar-refractivity contribution is 8.00. The van der Waals surface area contributed by atoms with Crippen LogP contribution >= 0.6 is 23.4 Å². The van der Waals surface area contributed by atoms with Gasteiger partial charge in [0.15, 0.2) is 5.16 Å². The van der Waals surface area contributed by atoms with Gasteiger partial charge in [-0.15, -0.1) is 0 Å². The predicted octanol–water partition coefficient (Wildman–Crippen LogP) is 4.50. The van der Waals surface area contributed by atoms with Gasteiger partial charge in [-0.2, -0.15) is 0 Å². The molecule has 1 aliphatic heterocycles. The van der Waals surface area contributed by atoms with E-state index >= 15 is 0 Å². The van der Waals surface area contributed by atoms with E-state index in [1.54, 1.807) is 11.8 Å². The Kier molecular flexibility index (Phi) is 5.18. The maximum atomic E-state index is 12.4. The molecule has 4 nitrogen and oxygen atoms in total. The summed E-state index contributed by atoms with van der Waals surface area (Å²) in [5.41, 5.74) is 3.11. The van der Waals surface area contributed by atoms with E-state index in [2.05, 4.69) is 22.0 Å². The molecule has 3 aromatic rings. The summed E-state index contributed by atoms with van der Waals surface area (Å²) in [6, 6.07) is 16.1. The first-order chi connectivity index (χ1) is 12.7. The maximum absolute atomic E-state index is 12.4. The standard InChI is InChI=1S/C20H20ClN3OS/c21-15-9-10-17-16(12-15)23-20(24(17)13-14-6-2-1-3-7-14)26-18-8-4-5-11-22-19(18)25/h1-3,6-7,9-10,12,18H,4-5,8,11,13H2,(H,22,25)/t18-/m0/s1. The topological polar surface area (TPSA) is 46.9 Å². The highest BCUT2D eigenvalue weighted by Crippen LogP contribution is 2.32. The number of benzene rings is 2. The predicted molar refractivity (Wildman–Crippen MR) is 107 cm³/mol. The van der Waals surface area contributed by atoms with Crippen LogP contribution in [0.15, 0.2) is 53.7 Å². The van der Waals surface area contributed by atoms with Crippen LogP contribution in [0.3, 0.4) is 0 Å². The molecule has 2 heterocycles. The van der Waals surface area contributed by atoms with Crippen molar-refractivity contribution in [3.63, 3.8) is 0 Å². The van der Waals surface area contributed by atoms with Crippen molar-refractivity contribution in [3.8, 4) is 0 Å². The van der Waals surface area contributed by atoms with Crippen LogP contribution < -0.4 is 5.32 Å². The van der Waals surface area contributed by atoms with Crippen LogP contribution in [0.5, 0.6) is 0 Å². The number of carbonyl (C=O) groups excluding carboxylic acids is 1. The van der Waals surface area contributed by atoms with E-state index in [0.717, 1.165) is 48.5 Å². The zero-order valence-electron chi connectivity index (χ0n) is 14.3. The lowest BCUT2D eigenvalue weighted by Gasteiger charge is -2.14. The fourth-order valence-electron chi connectivity index (χ4n) is 3.24. The SMILES string of the molecule is O=C1NCCCC[C@@H]1Sc1nc2cc(Cl)ccc2n1Cc1ccccc1. The van der Waals surface area contributed by atoms with Crippen molar-refractivity contribution in [2.75, 3.05) is 6.54 Å². The summed E-state index contributed by atoms with van der Waals surface area (Å²) in [5, 5.41) is 4.45. The first kappa shape index (κ1) is 17.4. The number of thioether (sulfide) groups is 1. The van der Waals surface area contributed by atoms with Crippen LogP contribution in [-0.2, 0) is 11.3 Å². The molecule has 4 rings (SSSR count). The number of nitrogens with zero attached hydrogens (tertiary/aromatic N) is 2. The summed E-state index contributed by atoms with van der Waals surface area (Å²) >= 11 is 7.72. The van der Waals surface area contributed by atoms with Gasteiger partial charge >= 0.3 is 0 Å². The minimum absolute atomic E-state index is 0.0979. The molecule has 0 spiro atoms. The Hall–Kier alpha value is -1.98. The van der Waals surface area contributed by atoms with Gasteiger partial charge in [-0.3, -0.25) is 4.79 Å². The average molecular weight is 386 g/mol. The van der Waals surface area contributed by atoms with Crippen LogP contribution in [0, 0.1) is 0 Å². The van der Waals surface area contributed by atoms with Crippen LogP contribution in [0.25, 0.3) is 11.0 Å². The van der Waals surface area contributed by atoms with Crippen molar-refractivity contribution in [1.82, 2.24) is 14.9 Å². The second-order valence-corrected chi connectivity index (χ2v) is 8.10. The molecule has 0 bridgehead atoms. The molecule has 1 aliphatic rings. The summed E-state index contributed by atoms with van der Waals surface area (Å²) in [4.78, 5) is 17.2. The molecule has 1 fully saturated rings. The van der Waals surface area contributed by atoms with Crippen LogP contribution in [0.1, 0.15) is 24.8 Å². The van der Waals surface area contributed by atoms with E-state index in [-0.39, 0.29) is 11.2 Å². The van der Waals surface area contributed by atoms with Gasteiger partial charge in [-0.1, -0.05) is 60.1 Å². The van der Waals surface area contributed by atoms with E-state index in [1.807, 2.05) is 36.4 Å². The monoisotopic (exact) mass is 385 g/mol. The van der Waals surface area contributed by atoms with Crippen molar-refractivity contribution >= 4 is 40.3 Å². The molecule has 2 aromatic carbocycles. The molecular formula is C20H20ClN3OS. The van der Waals surface area contributed by atoms with Crippen molar-refractivity contribution in [1.29, 1.82) is 0 Å². The molecule has 1 amide bonds. The van der Waals surface area contributed by atoms with E-state index in [0.29, 0.717) is 5.02 Å². The Labute approximate surface area is 161 Å². The quantitative estimate of drug-likeness (QED) is 0.719. The van der Waals surface area contributed by atoms with Crippen LogP contribution in [-0.4, -0.2) is 27.3 Å². The van der Waals surface area contributed by atoms with Gasteiger partial charge in [-0.25, -0.2) is 4.98 Å². The lowest BCUT2D eigenvalue weighted by atomic mass is 10.2. The van der Waals surface area contributed by atoms with E-state index in [4.69, 9.17) is 16.6 Å². The summed E-state index contributed by atoms with van der Waals surface area (Å²) in [6.45, 7) is 1.49. The zero-order chi connectivity index (χ0) is 17.9. The van der Waals surface area contributed by atoms with Crippen molar-refractivity contribution in [2.24, 2.45) is 0 Å². The largest absolute Gasteiger partial charge is 0.355 e. The molecular weight excluding hydrogens is 366 g/mol. The third-order valence-electron chi connectivity index (χ3n) is 4.59.